The average molecular weight is 278 g/mol. The molecule has 2 rings (SSSR count). The van der Waals surface area contributed by atoms with Crippen LogP contribution in [0.15, 0.2) is 23.6 Å². The van der Waals surface area contributed by atoms with Crippen LogP contribution in [-0.2, 0) is 6.54 Å². The predicted octanol–water partition coefficient (Wildman–Crippen LogP) is 2.10. The Kier molecular flexibility index (Phi) is 4.01. The summed E-state index contributed by atoms with van der Waals surface area (Å²) in [7, 11) is 1.46. The number of carbonyl (C=O) groups excluding carboxylic acids is 1. The van der Waals surface area contributed by atoms with E-state index in [0.717, 1.165) is 10.7 Å². The molecular formula is C13H14N2O3S. The lowest BCUT2D eigenvalue weighted by Crippen LogP contribution is -2.22. The van der Waals surface area contributed by atoms with E-state index in [1.807, 2.05) is 12.3 Å². The molecule has 0 fully saturated rings. The quantitative estimate of drug-likeness (QED) is 0.898. The fourth-order valence-electron chi connectivity index (χ4n) is 1.59. The average Bonchev–Trinajstić information content (AvgIpc) is 2.81. The summed E-state index contributed by atoms with van der Waals surface area (Å²) in [5.74, 6) is 0.0231. The van der Waals surface area contributed by atoms with Gasteiger partial charge < -0.3 is 15.2 Å². The van der Waals surface area contributed by atoms with Crippen LogP contribution in [0.5, 0.6) is 11.5 Å². The Balaban J connectivity index is 2.01. The van der Waals surface area contributed by atoms with Crippen molar-refractivity contribution in [2.24, 2.45) is 0 Å². The van der Waals surface area contributed by atoms with Crippen molar-refractivity contribution in [3.63, 3.8) is 0 Å². The van der Waals surface area contributed by atoms with Gasteiger partial charge >= 0.3 is 0 Å². The van der Waals surface area contributed by atoms with Crippen molar-refractivity contribution in [2.45, 2.75) is 13.5 Å². The number of amides is 1. The van der Waals surface area contributed by atoms with Crippen molar-refractivity contribution >= 4 is 17.2 Å². The zero-order valence-electron chi connectivity index (χ0n) is 10.6. The van der Waals surface area contributed by atoms with Crippen LogP contribution < -0.4 is 10.1 Å². The van der Waals surface area contributed by atoms with Crippen LogP contribution in [0.1, 0.15) is 21.1 Å². The van der Waals surface area contributed by atoms with Gasteiger partial charge in [0, 0.05) is 10.9 Å². The van der Waals surface area contributed by atoms with Gasteiger partial charge in [-0.3, -0.25) is 4.79 Å². The summed E-state index contributed by atoms with van der Waals surface area (Å²) in [6, 6.07) is 4.53. The predicted molar refractivity (Wildman–Crippen MR) is 72.7 cm³/mol. The van der Waals surface area contributed by atoms with E-state index in [9.17, 15) is 9.90 Å². The lowest BCUT2D eigenvalue weighted by molar-refractivity contribution is 0.0950. The molecule has 0 radical (unpaired) electrons. The standard InChI is InChI=1S/C13H14N2O3S/c1-8-15-10(7-19-8)6-14-13(17)9-3-4-12(18-2)11(16)5-9/h3-5,7,16H,6H2,1-2H3,(H,14,17). The highest BCUT2D eigenvalue weighted by Gasteiger charge is 2.09. The van der Waals surface area contributed by atoms with Crippen molar-refractivity contribution in [1.29, 1.82) is 0 Å². The van der Waals surface area contributed by atoms with Gasteiger partial charge in [0.15, 0.2) is 11.5 Å². The fraction of sp³-hybridized carbons (Fsp3) is 0.231. The third kappa shape index (κ3) is 3.23. The Hall–Kier alpha value is -2.08. The molecule has 0 bridgehead atoms. The normalized spacial score (nSPS) is 10.2. The van der Waals surface area contributed by atoms with Gasteiger partial charge in [0.2, 0.25) is 0 Å². The third-order valence-corrected chi connectivity index (χ3v) is 3.36. The van der Waals surface area contributed by atoms with E-state index in [1.165, 1.54) is 13.2 Å². The van der Waals surface area contributed by atoms with Gasteiger partial charge in [-0.1, -0.05) is 0 Å². The third-order valence-electron chi connectivity index (χ3n) is 2.54. The molecule has 0 aliphatic carbocycles. The van der Waals surface area contributed by atoms with E-state index in [1.54, 1.807) is 23.5 Å². The van der Waals surface area contributed by atoms with E-state index in [-0.39, 0.29) is 11.7 Å². The molecular weight excluding hydrogens is 264 g/mol. The van der Waals surface area contributed by atoms with Gasteiger partial charge in [-0.25, -0.2) is 4.98 Å². The molecule has 5 nitrogen and oxygen atoms in total. The Morgan fingerprint density at radius 3 is 2.89 bits per heavy atom. The van der Waals surface area contributed by atoms with Crippen molar-refractivity contribution in [1.82, 2.24) is 10.3 Å². The summed E-state index contributed by atoms with van der Waals surface area (Å²) >= 11 is 1.54. The maximum atomic E-state index is 11.9. The lowest BCUT2D eigenvalue weighted by atomic mass is 10.2. The number of thiazole rings is 1. The number of aryl methyl sites for hydroxylation is 1. The number of benzene rings is 1. The molecule has 0 aliphatic rings. The second kappa shape index (κ2) is 5.71. The van der Waals surface area contributed by atoms with Crippen molar-refractivity contribution < 1.29 is 14.6 Å². The highest BCUT2D eigenvalue weighted by molar-refractivity contribution is 7.09. The number of phenols is 1. The molecule has 1 amide bonds. The topological polar surface area (TPSA) is 71.5 Å². The molecule has 1 aromatic carbocycles. The number of phenolic OH excluding ortho intramolecular Hbond substituents is 1. The van der Waals surface area contributed by atoms with Crippen LogP contribution in [-0.4, -0.2) is 23.1 Å². The first-order chi connectivity index (χ1) is 9.10. The van der Waals surface area contributed by atoms with Gasteiger partial charge in [0.05, 0.1) is 24.4 Å². The van der Waals surface area contributed by atoms with Crippen molar-refractivity contribution in [2.75, 3.05) is 7.11 Å². The molecule has 1 heterocycles. The van der Waals surface area contributed by atoms with Crippen molar-refractivity contribution in [3.05, 3.63) is 39.8 Å². The Bertz CT molecular complexity index is 595. The first-order valence-corrected chi connectivity index (χ1v) is 6.54. The number of rotatable bonds is 4. The van der Waals surface area contributed by atoms with Crippen LogP contribution in [0, 0.1) is 6.92 Å². The number of hydrogen-bond donors (Lipinski definition) is 2. The Labute approximate surface area is 114 Å². The summed E-state index contributed by atoms with van der Waals surface area (Å²) in [6.45, 7) is 2.29. The monoisotopic (exact) mass is 278 g/mol. The van der Waals surface area contributed by atoms with Gasteiger partial charge in [-0.15, -0.1) is 11.3 Å². The van der Waals surface area contributed by atoms with Crippen LogP contribution in [0.4, 0.5) is 0 Å². The highest BCUT2D eigenvalue weighted by atomic mass is 32.1. The highest BCUT2D eigenvalue weighted by Crippen LogP contribution is 2.26. The molecule has 0 saturated carbocycles. The minimum Gasteiger partial charge on any atom is -0.504 e. The maximum absolute atomic E-state index is 11.9. The molecule has 1 aromatic heterocycles. The molecule has 0 aliphatic heterocycles. The fourth-order valence-corrected chi connectivity index (χ4v) is 2.21. The van der Waals surface area contributed by atoms with Crippen LogP contribution >= 0.6 is 11.3 Å². The Morgan fingerprint density at radius 2 is 2.32 bits per heavy atom. The molecule has 6 heteroatoms. The second-order valence-corrected chi connectivity index (χ2v) is 4.99. The van der Waals surface area contributed by atoms with Crippen LogP contribution in [0.2, 0.25) is 0 Å². The molecule has 0 atom stereocenters. The number of hydrogen-bond acceptors (Lipinski definition) is 5. The molecule has 0 spiro atoms. The lowest BCUT2D eigenvalue weighted by Gasteiger charge is -2.06. The maximum Gasteiger partial charge on any atom is 0.251 e. The van der Waals surface area contributed by atoms with E-state index in [4.69, 9.17) is 4.74 Å². The molecule has 19 heavy (non-hydrogen) atoms. The number of carbonyl (C=O) groups is 1. The number of nitrogens with zero attached hydrogens (tertiary/aromatic N) is 1. The van der Waals surface area contributed by atoms with Crippen LogP contribution in [0.3, 0.4) is 0 Å². The molecule has 100 valence electrons. The Morgan fingerprint density at radius 1 is 1.53 bits per heavy atom. The largest absolute Gasteiger partial charge is 0.504 e. The zero-order valence-corrected chi connectivity index (χ0v) is 11.5. The van der Waals surface area contributed by atoms with E-state index in [2.05, 4.69) is 10.3 Å². The minimum absolute atomic E-state index is 0.0559. The molecule has 2 aromatic rings. The van der Waals surface area contributed by atoms with E-state index in [0.29, 0.717) is 17.9 Å². The smallest absolute Gasteiger partial charge is 0.251 e. The number of ether oxygens (including phenoxy) is 1. The molecule has 2 N–H and O–H groups in total. The van der Waals surface area contributed by atoms with E-state index >= 15 is 0 Å². The first kappa shape index (κ1) is 13.4. The SMILES string of the molecule is COc1ccc(C(=O)NCc2csc(C)n2)cc1O. The van der Waals surface area contributed by atoms with Gasteiger partial charge in [0.25, 0.3) is 5.91 Å². The van der Waals surface area contributed by atoms with Gasteiger partial charge in [-0.05, 0) is 25.1 Å². The van der Waals surface area contributed by atoms with Gasteiger partial charge in [-0.2, -0.15) is 0 Å². The summed E-state index contributed by atoms with van der Waals surface area (Å²) in [4.78, 5) is 16.1. The zero-order chi connectivity index (χ0) is 13.8. The number of nitrogens with one attached hydrogen (secondary N) is 1. The number of aromatic hydroxyl groups is 1. The first-order valence-electron chi connectivity index (χ1n) is 5.66. The second-order valence-electron chi connectivity index (χ2n) is 3.93. The van der Waals surface area contributed by atoms with Gasteiger partial charge in [0.1, 0.15) is 0 Å². The molecule has 0 unspecified atom stereocenters. The minimum atomic E-state index is -0.261. The molecule has 0 saturated heterocycles. The summed E-state index contributed by atoms with van der Waals surface area (Å²) in [6.07, 6.45) is 0. The van der Waals surface area contributed by atoms with Crippen molar-refractivity contribution in [3.8, 4) is 11.5 Å². The van der Waals surface area contributed by atoms with E-state index < -0.39 is 0 Å². The van der Waals surface area contributed by atoms with Crippen LogP contribution in [0.25, 0.3) is 0 Å². The summed E-state index contributed by atoms with van der Waals surface area (Å²) < 4.78 is 4.92. The number of methoxy groups -OCH3 is 1. The summed E-state index contributed by atoms with van der Waals surface area (Å²) in [5, 5.41) is 15.2. The summed E-state index contributed by atoms with van der Waals surface area (Å²) in [5.41, 5.74) is 1.21. The number of aromatic nitrogens is 1.